The summed E-state index contributed by atoms with van der Waals surface area (Å²) in [6, 6.07) is 9.28. The molecule has 1 aliphatic heterocycles. The topological polar surface area (TPSA) is 114 Å². The minimum absolute atomic E-state index is 0.166. The summed E-state index contributed by atoms with van der Waals surface area (Å²) >= 11 is 0. The van der Waals surface area contributed by atoms with Gasteiger partial charge in [0.1, 0.15) is 11.6 Å². The van der Waals surface area contributed by atoms with E-state index in [-0.39, 0.29) is 36.8 Å². The number of halogens is 1. The van der Waals surface area contributed by atoms with Crippen molar-refractivity contribution in [1.29, 1.82) is 0 Å². The molecule has 1 saturated heterocycles. The molecule has 11 heteroatoms. The Morgan fingerprint density at radius 3 is 2.35 bits per heavy atom. The van der Waals surface area contributed by atoms with Crippen LogP contribution in [-0.2, 0) is 14.8 Å². The van der Waals surface area contributed by atoms with Crippen molar-refractivity contribution in [3.8, 4) is 5.75 Å². The van der Waals surface area contributed by atoms with Crippen LogP contribution in [0.25, 0.3) is 0 Å². The Balaban J connectivity index is 1.62. The predicted molar refractivity (Wildman–Crippen MR) is 122 cm³/mol. The third-order valence-electron chi connectivity index (χ3n) is 5.16. The summed E-state index contributed by atoms with van der Waals surface area (Å²) in [7, 11) is -3.92. The summed E-state index contributed by atoms with van der Waals surface area (Å²) in [6.45, 7) is 5.59. The molecular weight excluding hydrogens is 465 g/mol. The molecular formula is C23H28FN3O6S. The summed E-state index contributed by atoms with van der Waals surface area (Å²) in [5, 5.41) is 0. The Hall–Kier alpha value is -3.02. The van der Waals surface area contributed by atoms with Crippen molar-refractivity contribution >= 4 is 21.8 Å². The molecule has 9 nitrogen and oxygen atoms in total. The molecule has 2 N–H and O–H groups in total. The number of nitrogens with one attached hydrogen (secondary N) is 2. The molecule has 0 saturated carbocycles. The quantitative estimate of drug-likeness (QED) is 0.546. The van der Waals surface area contributed by atoms with Gasteiger partial charge in [-0.05, 0) is 54.8 Å². The van der Waals surface area contributed by atoms with Gasteiger partial charge in [-0.25, -0.2) is 12.8 Å². The van der Waals surface area contributed by atoms with E-state index in [1.165, 1.54) is 16.4 Å². The van der Waals surface area contributed by atoms with Crippen LogP contribution in [0.15, 0.2) is 47.4 Å². The van der Waals surface area contributed by atoms with Gasteiger partial charge < -0.3 is 9.47 Å². The highest BCUT2D eigenvalue weighted by Gasteiger charge is 2.28. The van der Waals surface area contributed by atoms with Crippen LogP contribution >= 0.6 is 0 Å². The van der Waals surface area contributed by atoms with E-state index in [0.29, 0.717) is 18.3 Å². The lowest BCUT2D eigenvalue weighted by molar-refractivity contribution is 0.0730. The van der Waals surface area contributed by atoms with Gasteiger partial charge in [-0.15, -0.1) is 0 Å². The molecule has 1 heterocycles. The van der Waals surface area contributed by atoms with Crippen LogP contribution in [0.3, 0.4) is 0 Å². The lowest BCUT2D eigenvalue weighted by Gasteiger charge is -2.26. The molecule has 1 fully saturated rings. The average Bonchev–Trinajstić information content (AvgIpc) is 2.83. The van der Waals surface area contributed by atoms with E-state index in [9.17, 15) is 22.4 Å². The predicted octanol–water partition coefficient (Wildman–Crippen LogP) is 2.35. The number of carbonyl (C=O) groups excluding carboxylic acids is 2. The smallest absolute Gasteiger partial charge is 0.272 e. The molecule has 0 unspecified atom stereocenters. The number of ether oxygens (including phenoxy) is 2. The van der Waals surface area contributed by atoms with Crippen molar-refractivity contribution in [2.45, 2.75) is 25.2 Å². The van der Waals surface area contributed by atoms with Gasteiger partial charge in [0.15, 0.2) is 0 Å². The highest BCUT2D eigenvalue weighted by molar-refractivity contribution is 7.89. The van der Waals surface area contributed by atoms with E-state index in [1.54, 1.807) is 12.1 Å². The first kappa shape index (κ1) is 25.6. The third kappa shape index (κ3) is 6.52. The lowest BCUT2D eigenvalue weighted by Crippen LogP contribution is -2.42. The summed E-state index contributed by atoms with van der Waals surface area (Å²) in [5.74, 6) is -1.41. The van der Waals surface area contributed by atoms with Crippen LogP contribution in [0.4, 0.5) is 4.39 Å². The molecule has 184 valence electrons. The summed E-state index contributed by atoms with van der Waals surface area (Å²) in [4.78, 5) is 24.6. The molecule has 0 bridgehead atoms. The largest absolute Gasteiger partial charge is 0.494 e. The van der Waals surface area contributed by atoms with E-state index in [0.717, 1.165) is 24.6 Å². The number of hydrogen-bond donors (Lipinski definition) is 2. The molecule has 3 rings (SSSR count). The number of hydrazine groups is 1. The van der Waals surface area contributed by atoms with E-state index in [4.69, 9.17) is 9.47 Å². The van der Waals surface area contributed by atoms with E-state index in [2.05, 4.69) is 24.7 Å². The maximum absolute atomic E-state index is 14.3. The van der Waals surface area contributed by atoms with Crippen molar-refractivity contribution in [3.63, 3.8) is 0 Å². The van der Waals surface area contributed by atoms with Crippen molar-refractivity contribution in [1.82, 2.24) is 15.2 Å². The van der Waals surface area contributed by atoms with E-state index < -0.39 is 33.2 Å². The van der Waals surface area contributed by atoms with Crippen molar-refractivity contribution < 1.29 is 31.9 Å². The summed E-state index contributed by atoms with van der Waals surface area (Å²) < 4.78 is 51.8. The zero-order valence-corrected chi connectivity index (χ0v) is 19.9. The number of morpholine rings is 1. The number of amides is 2. The zero-order valence-electron chi connectivity index (χ0n) is 19.0. The number of hydrogen-bond acceptors (Lipinski definition) is 6. The molecule has 0 atom stereocenters. The molecule has 2 aromatic carbocycles. The minimum Gasteiger partial charge on any atom is -0.494 e. The fraction of sp³-hybridized carbons (Fsp3) is 0.391. The van der Waals surface area contributed by atoms with Crippen LogP contribution in [0.5, 0.6) is 5.75 Å². The SMILES string of the molecule is CC(C)CCOc1ccc(C(=O)NNC(=O)c2cc(S(=O)(=O)N3CCOCC3)ccc2F)cc1. The Morgan fingerprint density at radius 1 is 1.06 bits per heavy atom. The van der Waals surface area contributed by atoms with Crippen molar-refractivity contribution in [2.24, 2.45) is 5.92 Å². The maximum Gasteiger partial charge on any atom is 0.272 e. The lowest BCUT2D eigenvalue weighted by atomic mass is 10.1. The number of benzene rings is 2. The highest BCUT2D eigenvalue weighted by atomic mass is 32.2. The first-order valence-electron chi connectivity index (χ1n) is 10.9. The molecule has 2 aromatic rings. The average molecular weight is 494 g/mol. The molecule has 0 aliphatic carbocycles. The van der Waals surface area contributed by atoms with Gasteiger partial charge in [0.25, 0.3) is 11.8 Å². The Labute approximate surface area is 198 Å². The monoisotopic (exact) mass is 493 g/mol. The van der Waals surface area contributed by atoms with Gasteiger partial charge in [-0.2, -0.15) is 4.31 Å². The van der Waals surface area contributed by atoms with Gasteiger partial charge in [0.05, 0.1) is 30.3 Å². The standard InChI is InChI=1S/C23H28FN3O6S/c1-16(2)9-12-33-18-5-3-17(4-6-18)22(28)25-26-23(29)20-15-19(7-8-21(20)24)34(30,31)27-10-13-32-14-11-27/h3-8,15-16H,9-14H2,1-2H3,(H,25,28)(H,26,29). The molecule has 2 amide bonds. The van der Waals surface area contributed by atoms with Crippen molar-refractivity contribution in [2.75, 3.05) is 32.9 Å². The van der Waals surface area contributed by atoms with Crippen LogP contribution in [0, 0.1) is 11.7 Å². The van der Waals surface area contributed by atoms with Crippen LogP contribution in [0.1, 0.15) is 41.0 Å². The molecule has 0 spiro atoms. The van der Waals surface area contributed by atoms with Crippen LogP contribution in [0.2, 0.25) is 0 Å². The van der Waals surface area contributed by atoms with Gasteiger partial charge in [-0.3, -0.25) is 20.4 Å². The van der Waals surface area contributed by atoms with Gasteiger partial charge in [0.2, 0.25) is 10.0 Å². The zero-order chi connectivity index (χ0) is 24.7. The molecule has 1 aliphatic rings. The second kappa shape index (κ2) is 11.4. The van der Waals surface area contributed by atoms with E-state index >= 15 is 0 Å². The molecule has 0 radical (unpaired) electrons. The first-order valence-corrected chi connectivity index (χ1v) is 12.3. The van der Waals surface area contributed by atoms with Crippen LogP contribution < -0.4 is 15.6 Å². The number of nitrogens with zero attached hydrogens (tertiary/aromatic N) is 1. The van der Waals surface area contributed by atoms with Gasteiger partial charge in [0, 0.05) is 18.7 Å². The fourth-order valence-electron chi connectivity index (χ4n) is 3.14. The van der Waals surface area contributed by atoms with E-state index in [1.807, 2.05) is 0 Å². The number of sulfonamides is 1. The summed E-state index contributed by atoms with van der Waals surface area (Å²) in [5.41, 5.74) is 4.06. The highest BCUT2D eigenvalue weighted by Crippen LogP contribution is 2.20. The third-order valence-corrected chi connectivity index (χ3v) is 7.05. The Bertz CT molecular complexity index is 1120. The molecule has 0 aromatic heterocycles. The Kier molecular flexibility index (Phi) is 8.59. The van der Waals surface area contributed by atoms with Gasteiger partial charge >= 0.3 is 0 Å². The maximum atomic E-state index is 14.3. The van der Waals surface area contributed by atoms with Crippen molar-refractivity contribution in [3.05, 3.63) is 59.4 Å². The molecule has 34 heavy (non-hydrogen) atoms. The minimum atomic E-state index is -3.92. The first-order chi connectivity index (χ1) is 16.2. The Morgan fingerprint density at radius 2 is 1.71 bits per heavy atom. The van der Waals surface area contributed by atoms with Crippen LogP contribution in [-0.4, -0.2) is 57.4 Å². The normalized spacial score (nSPS) is 14.6. The summed E-state index contributed by atoms with van der Waals surface area (Å²) in [6.07, 6.45) is 0.903. The second-order valence-electron chi connectivity index (χ2n) is 8.12. The fourth-order valence-corrected chi connectivity index (χ4v) is 4.58. The number of carbonyl (C=O) groups is 2. The number of rotatable bonds is 8. The second-order valence-corrected chi connectivity index (χ2v) is 10.1. The van der Waals surface area contributed by atoms with Gasteiger partial charge in [-0.1, -0.05) is 13.8 Å².